The lowest BCUT2D eigenvalue weighted by molar-refractivity contribution is 0.569. The van der Waals surface area contributed by atoms with Gasteiger partial charge in [0.25, 0.3) is 6.71 Å². The number of para-hydroxylation sites is 2. The van der Waals surface area contributed by atoms with Crippen molar-refractivity contribution < 1.29 is 8.83 Å². The van der Waals surface area contributed by atoms with E-state index >= 15 is 0 Å². The number of benzene rings is 14. The largest absolute Gasteiger partial charge is 0.456 e. The lowest BCUT2D eigenvalue weighted by atomic mass is 9.33. The Morgan fingerprint density at radius 1 is 0.243 bits per heavy atom. The molecular weight excluding hydrogens is 1400 g/mol. The standard InChI is InChI=1S/C108H99BN4O2/c1-103(2,3)69-38-46-86-80(57-69)81-58-70(104(4,5)6)39-47-87(81)110(86)75-42-45-85-91(61-75)112(92-54-68(64-29-21-19-22-30-64)55-98-99(92)78-33-25-27-35-95(78)115-98)93-62-76(111-88-48-40-71(105(7,8)9)59-82(88)83-60-72(106(10,11)12)41-49-89(83)111)63-94-101(93)109(85)84-44-37-66(67-51-73(107(13,14)15)56-74(52-67)108(16,17)18)53-90(84)113(94)102-77(65-31-23-20-24-32-65)43-50-97-100(102)79-34-26-28-36-96(79)114-97/h19-63H,1-18H3. The highest BCUT2D eigenvalue weighted by atomic mass is 16.3. The minimum absolute atomic E-state index is 0.0804. The smallest absolute Gasteiger partial charge is 0.252 e. The monoisotopic (exact) mass is 1490 g/mol. The van der Waals surface area contributed by atoms with Crippen LogP contribution in [0.25, 0.3) is 132 Å². The van der Waals surface area contributed by atoms with Gasteiger partial charge in [0.2, 0.25) is 0 Å². The summed E-state index contributed by atoms with van der Waals surface area (Å²) in [5.74, 6) is 0. The Hall–Kier alpha value is -12.1. The third kappa shape index (κ3) is 11.5. The van der Waals surface area contributed by atoms with E-state index in [9.17, 15) is 0 Å². The highest BCUT2D eigenvalue weighted by molar-refractivity contribution is 7.00. The summed E-state index contributed by atoms with van der Waals surface area (Å²) in [6.45, 7) is 41.8. The minimum atomic E-state index is -0.316. The number of nitrogens with zero attached hydrogens (tertiary/aromatic N) is 4. The molecule has 2 aliphatic heterocycles. The van der Waals surface area contributed by atoms with Gasteiger partial charge in [-0.2, -0.15) is 0 Å². The Labute approximate surface area is 676 Å². The summed E-state index contributed by atoms with van der Waals surface area (Å²) >= 11 is 0. The molecule has 0 bridgehead atoms. The molecule has 4 aromatic heterocycles. The van der Waals surface area contributed by atoms with E-state index in [1.165, 1.54) is 76.9 Å². The summed E-state index contributed by atoms with van der Waals surface area (Å²) in [5.41, 5.74) is 33.8. The topological polar surface area (TPSA) is 42.6 Å². The number of hydrogen-bond acceptors (Lipinski definition) is 4. The molecule has 0 saturated heterocycles. The third-order valence-electron chi connectivity index (χ3n) is 25.2. The van der Waals surface area contributed by atoms with Gasteiger partial charge in [-0.3, -0.25) is 0 Å². The highest BCUT2D eigenvalue weighted by Gasteiger charge is 2.46. The van der Waals surface area contributed by atoms with Crippen LogP contribution in [0.1, 0.15) is 158 Å². The van der Waals surface area contributed by atoms with E-state index in [2.05, 4.69) is 417 Å². The molecule has 0 amide bonds. The summed E-state index contributed by atoms with van der Waals surface area (Å²) in [4.78, 5) is 5.37. The quantitative estimate of drug-likeness (QED) is 0.149. The fraction of sp³-hybridized carbons (Fsp3) is 0.222. The van der Waals surface area contributed by atoms with Crippen LogP contribution in [-0.2, 0) is 32.5 Å². The summed E-state index contributed by atoms with van der Waals surface area (Å²) < 4.78 is 19.6. The van der Waals surface area contributed by atoms with Crippen molar-refractivity contribution in [1.82, 2.24) is 9.13 Å². The fourth-order valence-electron chi connectivity index (χ4n) is 18.7. The molecule has 0 atom stereocenters. The zero-order chi connectivity index (χ0) is 79.6. The summed E-state index contributed by atoms with van der Waals surface area (Å²) in [6, 6.07) is 105. The fourth-order valence-corrected chi connectivity index (χ4v) is 18.7. The third-order valence-corrected chi connectivity index (χ3v) is 25.2. The Kier molecular flexibility index (Phi) is 15.8. The Balaban J connectivity index is 0.997. The van der Waals surface area contributed by atoms with Crippen molar-refractivity contribution in [1.29, 1.82) is 0 Å². The molecule has 566 valence electrons. The molecule has 2 aliphatic rings. The van der Waals surface area contributed by atoms with E-state index in [-0.39, 0.29) is 39.2 Å². The van der Waals surface area contributed by atoms with Gasteiger partial charge in [-0.25, -0.2) is 0 Å². The molecule has 0 unspecified atom stereocenters. The van der Waals surface area contributed by atoms with E-state index in [4.69, 9.17) is 8.83 Å². The molecule has 115 heavy (non-hydrogen) atoms. The number of furan rings is 2. The summed E-state index contributed by atoms with van der Waals surface area (Å²) in [5, 5.41) is 9.13. The van der Waals surface area contributed by atoms with Crippen LogP contribution in [-0.4, -0.2) is 15.8 Å². The van der Waals surface area contributed by atoms with Crippen molar-refractivity contribution >= 4 is 145 Å². The predicted molar refractivity (Wildman–Crippen MR) is 492 cm³/mol. The first-order valence-corrected chi connectivity index (χ1v) is 41.2. The van der Waals surface area contributed by atoms with Crippen molar-refractivity contribution in [2.24, 2.45) is 0 Å². The molecule has 14 aromatic carbocycles. The lowest BCUT2D eigenvalue weighted by Crippen LogP contribution is -2.61. The van der Waals surface area contributed by atoms with Crippen molar-refractivity contribution in [3.63, 3.8) is 0 Å². The van der Waals surface area contributed by atoms with Crippen molar-refractivity contribution in [2.75, 3.05) is 9.80 Å². The van der Waals surface area contributed by atoms with Gasteiger partial charge in [0, 0.05) is 66.3 Å². The summed E-state index contributed by atoms with van der Waals surface area (Å²) in [7, 11) is 0. The Bertz CT molecular complexity index is 6920. The Morgan fingerprint density at radius 2 is 0.652 bits per heavy atom. The van der Waals surface area contributed by atoms with Gasteiger partial charge in [0.1, 0.15) is 22.3 Å². The van der Waals surface area contributed by atoms with Crippen molar-refractivity contribution in [3.05, 3.63) is 306 Å². The van der Waals surface area contributed by atoms with Gasteiger partial charge in [-0.05, 0) is 225 Å². The van der Waals surface area contributed by atoms with Crippen LogP contribution in [0.4, 0.5) is 34.1 Å². The van der Waals surface area contributed by atoms with Crippen molar-refractivity contribution in [3.8, 4) is 44.8 Å². The molecule has 0 fully saturated rings. The number of aromatic nitrogens is 2. The molecular formula is C108H99BN4O2. The number of fused-ring (bicyclic) bond motifs is 16. The summed E-state index contributed by atoms with van der Waals surface area (Å²) in [6.07, 6.45) is 0. The SMILES string of the molecule is CC(C)(C)c1cc(-c2ccc3c(c2)N(c2c(-c4ccccc4)ccc4oc5ccccc5c24)c2cc(-n4c5ccc(C(C)(C)C)cc5c5cc(C(C)(C)C)ccc54)cc4c2B3c2ccc(-n3c5ccc(C(C)(C)C)cc5c5cc(C(C)(C)C)ccc53)cc2N4c2cc(-c3ccccc3)cc3oc4ccccc4c23)cc(C(C)(C)C)c1. The van der Waals surface area contributed by atoms with Crippen molar-refractivity contribution in [2.45, 2.75) is 157 Å². The molecule has 0 radical (unpaired) electrons. The molecule has 7 heteroatoms. The average Bonchev–Trinajstić information content (AvgIpc) is 1.66. The first-order valence-electron chi connectivity index (χ1n) is 41.2. The maximum absolute atomic E-state index is 7.28. The van der Waals surface area contributed by atoms with Gasteiger partial charge in [0.05, 0.1) is 49.9 Å². The van der Waals surface area contributed by atoms with Crippen LogP contribution in [0, 0.1) is 0 Å². The second-order valence-electron chi connectivity index (χ2n) is 39.0. The first kappa shape index (κ1) is 71.9. The van der Waals surface area contributed by atoms with E-state index in [1.807, 2.05) is 0 Å². The van der Waals surface area contributed by atoms with Gasteiger partial charge < -0.3 is 27.8 Å². The zero-order valence-electron chi connectivity index (χ0n) is 69.7. The normalized spacial score (nSPS) is 13.6. The van der Waals surface area contributed by atoms with Gasteiger partial charge in [0.15, 0.2) is 0 Å². The zero-order valence-corrected chi connectivity index (χ0v) is 69.7. The van der Waals surface area contributed by atoms with E-state index < -0.39 is 0 Å². The second-order valence-corrected chi connectivity index (χ2v) is 39.0. The lowest BCUT2D eigenvalue weighted by Gasteiger charge is -2.45. The van der Waals surface area contributed by atoms with E-state index in [0.29, 0.717) is 0 Å². The molecule has 0 aliphatic carbocycles. The number of hydrogen-bond donors (Lipinski definition) is 0. The molecule has 18 aromatic rings. The maximum Gasteiger partial charge on any atom is 0.252 e. The van der Waals surface area contributed by atoms with E-state index in [0.717, 1.165) is 139 Å². The Morgan fingerprint density at radius 3 is 1.16 bits per heavy atom. The van der Waals surface area contributed by atoms with Crippen LogP contribution in [0.3, 0.4) is 0 Å². The molecule has 0 N–H and O–H groups in total. The van der Waals surface area contributed by atoms with Crippen LogP contribution < -0.4 is 26.2 Å². The van der Waals surface area contributed by atoms with Crippen LogP contribution >= 0.6 is 0 Å². The van der Waals surface area contributed by atoms with Crippen LogP contribution in [0.5, 0.6) is 0 Å². The maximum atomic E-state index is 7.28. The predicted octanol–water partition coefficient (Wildman–Crippen LogP) is 28.5. The molecule has 6 nitrogen and oxygen atoms in total. The van der Waals surface area contributed by atoms with Crippen LogP contribution in [0.2, 0.25) is 0 Å². The number of anilines is 6. The van der Waals surface area contributed by atoms with Gasteiger partial charge in [-0.1, -0.05) is 282 Å². The highest BCUT2D eigenvalue weighted by Crippen LogP contribution is 2.55. The molecule has 20 rings (SSSR count). The molecule has 0 saturated carbocycles. The van der Waals surface area contributed by atoms with E-state index in [1.54, 1.807) is 0 Å². The average molecular weight is 1500 g/mol. The number of rotatable bonds is 7. The minimum Gasteiger partial charge on any atom is -0.456 e. The molecule has 0 spiro atoms. The van der Waals surface area contributed by atoms with Crippen LogP contribution in [0.15, 0.2) is 282 Å². The first-order chi connectivity index (χ1) is 54.8. The molecule has 6 heterocycles. The second kappa shape index (κ2) is 25.2. The van der Waals surface area contributed by atoms with Gasteiger partial charge >= 0.3 is 0 Å². The van der Waals surface area contributed by atoms with Gasteiger partial charge in [-0.15, -0.1) is 0 Å².